The Morgan fingerprint density at radius 1 is 1.29 bits per heavy atom. The number of halogens is 1. The van der Waals surface area contributed by atoms with Gasteiger partial charge in [0.05, 0.1) is 0 Å². The van der Waals surface area contributed by atoms with E-state index >= 15 is 0 Å². The van der Waals surface area contributed by atoms with Crippen LogP contribution in [0, 0.1) is 5.92 Å². The molecule has 0 bridgehead atoms. The molecule has 0 aliphatic carbocycles. The van der Waals surface area contributed by atoms with Crippen molar-refractivity contribution in [2.45, 2.75) is 33.2 Å². The number of carbonyl (C=O) groups is 1. The lowest BCUT2D eigenvalue weighted by molar-refractivity contribution is 0.0955. The quantitative estimate of drug-likeness (QED) is 0.427. The lowest BCUT2D eigenvalue weighted by atomic mass is 9.99. The first-order valence-electron chi connectivity index (χ1n) is 8.46. The van der Waals surface area contributed by atoms with Gasteiger partial charge in [-0.1, -0.05) is 19.1 Å². The molecule has 24 heavy (non-hydrogen) atoms. The van der Waals surface area contributed by atoms with Gasteiger partial charge in [0, 0.05) is 38.8 Å². The number of guanidine groups is 1. The average molecular weight is 444 g/mol. The van der Waals surface area contributed by atoms with Crippen LogP contribution in [0.3, 0.4) is 0 Å². The number of hydrogen-bond donors (Lipinski definition) is 2. The molecular formula is C18H29IN4O. The predicted molar refractivity (Wildman–Crippen MR) is 110 cm³/mol. The van der Waals surface area contributed by atoms with Crippen LogP contribution in [0.4, 0.5) is 0 Å². The molecule has 1 aliphatic heterocycles. The third kappa shape index (κ3) is 5.96. The maximum Gasteiger partial charge on any atom is 0.251 e. The van der Waals surface area contributed by atoms with Gasteiger partial charge in [-0.3, -0.25) is 9.79 Å². The molecule has 134 valence electrons. The standard InChI is InChI=1S/C18H28N4O.HI/c1-4-20-17(23)16-7-5-6-15(12-16)13-21-18(19-3)22-10-8-14(2)9-11-22;/h5-7,12,14H,4,8-11,13H2,1-3H3,(H,19,21)(H,20,23);1H. The van der Waals surface area contributed by atoms with Gasteiger partial charge in [-0.15, -0.1) is 24.0 Å². The molecule has 0 aromatic heterocycles. The van der Waals surface area contributed by atoms with Crippen molar-refractivity contribution < 1.29 is 4.79 Å². The van der Waals surface area contributed by atoms with Crippen molar-refractivity contribution in [3.63, 3.8) is 0 Å². The smallest absolute Gasteiger partial charge is 0.251 e. The molecule has 1 aromatic rings. The molecule has 1 fully saturated rings. The fourth-order valence-electron chi connectivity index (χ4n) is 2.82. The third-order valence-corrected chi connectivity index (χ3v) is 4.27. The normalized spacial score (nSPS) is 15.6. The van der Waals surface area contributed by atoms with E-state index in [9.17, 15) is 4.79 Å². The van der Waals surface area contributed by atoms with Gasteiger partial charge in [-0.2, -0.15) is 0 Å². The van der Waals surface area contributed by atoms with Crippen molar-refractivity contribution >= 4 is 35.8 Å². The highest BCUT2D eigenvalue weighted by molar-refractivity contribution is 14.0. The van der Waals surface area contributed by atoms with Crippen molar-refractivity contribution in [1.29, 1.82) is 0 Å². The number of aliphatic imine (C=N–C) groups is 1. The van der Waals surface area contributed by atoms with E-state index in [-0.39, 0.29) is 29.9 Å². The molecule has 0 radical (unpaired) electrons. The molecule has 0 atom stereocenters. The Balaban J connectivity index is 0.00000288. The van der Waals surface area contributed by atoms with Crippen LogP contribution in [0.5, 0.6) is 0 Å². The van der Waals surface area contributed by atoms with Gasteiger partial charge < -0.3 is 15.5 Å². The van der Waals surface area contributed by atoms with Crippen molar-refractivity contribution in [3.05, 3.63) is 35.4 Å². The molecule has 1 aliphatic rings. The van der Waals surface area contributed by atoms with Gasteiger partial charge in [-0.05, 0) is 43.4 Å². The topological polar surface area (TPSA) is 56.7 Å². The van der Waals surface area contributed by atoms with Crippen LogP contribution in [-0.4, -0.2) is 43.4 Å². The highest BCUT2D eigenvalue weighted by Crippen LogP contribution is 2.16. The average Bonchev–Trinajstić information content (AvgIpc) is 2.57. The van der Waals surface area contributed by atoms with Crippen LogP contribution in [0.25, 0.3) is 0 Å². The zero-order valence-corrected chi connectivity index (χ0v) is 17.2. The second-order valence-corrected chi connectivity index (χ2v) is 6.13. The first kappa shape index (κ1) is 20.7. The molecule has 0 saturated carbocycles. The number of carbonyl (C=O) groups excluding carboxylic acids is 1. The van der Waals surface area contributed by atoms with Gasteiger partial charge >= 0.3 is 0 Å². The minimum absolute atomic E-state index is 0. The van der Waals surface area contributed by atoms with Crippen LogP contribution in [0.15, 0.2) is 29.3 Å². The fraction of sp³-hybridized carbons (Fsp3) is 0.556. The third-order valence-electron chi connectivity index (χ3n) is 4.27. The largest absolute Gasteiger partial charge is 0.352 e. The molecule has 1 aromatic carbocycles. The Hall–Kier alpha value is -1.31. The Morgan fingerprint density at radius 3 is 2.62 bits per heavy atom. The van der Waals surface area contributed by atoms with Crippen LogP contribution in [0.1, 0.15) is 42.6 Å². The maximum atomic E-state index is 11.9. The summed E-state index contributed by atoms with van der Waals surface area (Å²) >= 11 is 0. The number of hydrogen-bond acceptors (Lipinski definition) is 2. The lowest BCUT2D eigenvalue weighted by Crippen LogP contribution is -2.45. The molecule has 2 rings (SSSR count). The summed E-state index contributed by atoms with van der Waals surface area (Å²) < 4.78 is 0. The van der Waals surface area contributed by atoms with Gasteiger partial charge in [0.2, 0.25) is 0 Å². The molecule has 0 spiro atoms. The maximum absolute atomic E-state index is 11.9. The Labute approximate surface area is 162 Å². The van der Waals surface area contributed by atoms with Crippen LogP contribution < -0.4 is 10.6 Å². The second kappa shape index (κ2) is 10.5. The number of piperidine rings is 1. The van der Waals surface area contributed by atoms with E-state index in [4.69, 9.17) is 0 Å². The predicted octanol–water partition coefficient (Wildman–Crippen LogP) is 2.86. The van der Waals surface area contributed by atoms with E-state index in [1.807, 2.05) is 38.2 Å². The lowest BCUT2D eigenvalue weighted by Gasteiger charge is -2.32. The summed E-state index contributed by atoms with van der Waals surface area (Å²) in [5.74, 6) is 1.72. The number of likely N-dealkylation sites (tertiary alicyclic amines) is 1. The molecule has 5 nitrogen and oxygen atoms in total. The van der Waals surface area contributed by atoms with Crippen molar-refractivity contribution in [2.75, 3.05) is 26.7 Å². The molecule has 1 amide bonds. The molecule has 1 saturated heterocycles. The number of rotatable bonds is 4. The van der Waals surface area contributed by atoms with Gasteiger partial charge in [0.15, 0.2) is 5.96 Å². The van der Waals surface area contributed by atoms with Gasteiger partial charge in [-0.25, -0.2) is 0 Å². The van der Waals surface area contributed by atoms with E-state index in [1.54, 1.807) is 0 Å². The summed E-state index contributed by atoms with van der Waals surface area (Å²) in [5.41, 5.74) is 1.79. The number of nitrogens with zero attached hydrogens (tertiary/aromatic N) is 2. The summed E-state index contributed by atoms with van der Waals surface area (Å²) in [6, 6.07) is 7.73. The minimum Gasteiger partial charge on any atom is -0.352 e. The van der Waals surface area contributed by atoms with Crippen molar-refractivity contribution in [2.24, 2.45) is 10.9 Å². The van der Waals surface area contributed by atoms with Crippen molar-refractivity contribution in [1.82, 2.24) is 15.5 Å². The summed E-state index contributed by atoms with van der Waals surface area (Å²) in [4.78, 5) is 18.6. The van der Waals surface area contributed by atoms with E-state index in [0.29, 0.717) is 18.7 Å². The Kier molecular flexibility index (Phi) is 9.10. The zero-order chi connectivity index (χ0) is 16.7. The van der Waals surface area contributed by atoms with Gasteiger partial charge in [0.25, 0.3) is 5.91 Å². The van der Waals surface area contributed by atoms with E-state index in [2.05, 4.69) is 27.4 Å². The number of benzene rings is 1. The monoisotopic (exact) mass is 444 g/mol. The van der Waals surface area contributed by atoms with Crippen LogP contribution >= 0.6 is 24.0 Å². The van der Waals surface area contributed by atoms with Gasteiger partial charge in [0.1, 0.15) is 0 Å². The first-order valence-corrected chi connectivity index (χ1v) is 8.46. The fourth-order valence-corrected chi connectivity index (χ4v) is 2.82. The van der Waals surface area contributed by atoms with E-state index < -0.39 is 0 Å². The second-order valence-electron chi connectivity index (χ2n) is 6.13. The summed E-state index contributed by atoms with van der Waals surface area (Å²) in [6.45, 7) is 7.65. The van der Waals surface area contributed by atoms with Crippen LogP contribution in [-0.2, 0) is 6.54 Å². The number of amides is 1. The summed E-state index contributed by atoms with van der Waals surface area (Å²) in [5, 5.41) is 6.24. The van der Waals surface area contributed by atoms with Crippen molar-refractivity contribution in [3.8, 4) is 0 Å². The summed E-state index contributed by atoms with van der Waals surface area (Å²) in [7, 11) is 1.82. The highest BCUT2D eigenvalue weighted by Gasteiger charge is 2.18. The summed E-state index contributed by atoms with van der Waals surface area (Å²) in [6.07, 6.45) is 2.43. The highest BCUT2D eigenvalue weighted by atomic mass is 127. The van der Waals surface area contributed by atoms with E-state index in [0.717, 1.165) is 30.5 Å². The first-order chi connectivity index (χ1) is 11.1. The molecule has 1 heterocycles. The number of nitrogens with one attached hydrogen (secondary N) is 2. The Morgan fingerprint density at radius 2 is 2.00 bits per heavy atom. The Bertz CT molecular complexity index is 554. The molecular weight excluding hydrogens is 415 g/mol. The molecule has 6 heteroatoms. The van der Waals surface area contributed by atoms with E-state index in [1.165, 1.54) is 12.8 Å². The van der Waals surface area contributed by atoms with Crippen LogP contribution in [0.2, 0.25) is 0 Å². The SMILES string of the molecule is CCNC(=O)c1cccc(CNC(=NC)N2CCC(C)CC2)c1.I. The molecule has 0 unspecified atom stereocenters. The molecule has 2 N–H and O–H groups in total. The minimum atomic E-state index is -0.0243. The zero-order valence-electron chi connectivity index (χ0n) is 14.8.